The van der Waals surface area contributed by atoms with Crippen LogP contribution in [0.4, 0.5) is 8.78 Å². The van der Waals surface area contributed by atoms with E-state index in [-0.39, 0.29) is 22.1 Å². The molecule has 28 heavy (non-hydrogen) atoms. The molecule has 1 aromatic heterocycles. The number of rotatable bonds is 5. The molecule has 0 radical (unpaired) electrons. The smallest absolute Gasteiger partial charge is 0.240 e. The van der Waals surface area contributed by atoms with Crippen LogP contribution in [0.25, 0.3) is 11.3 Å². The van der Waals surface area contributed by atoms with Crippen LogP contribution in [0.15, 0.2) is 64.1 Å². The van der Waals surface area contributed by atoms with Crippen molar-refractivity contribution in [2.45, 2.75) is 30.7 Å². The molecule has 1 aliphatic rings. The van der Waals surface area contributed by atoms with Crippen LogP contribution in [0.2, 0.25) is 0 Å². The Morgan fingerprint density at radius 3 is 2.50 bits per heavy atom. The van der Waals surface area contributed by atoms with Gasteiger partial charge in [0.1, 0.15) is 23.6 Å². The average Bonchev–Trinajstić information content (AvgIpc) is 2.96. The van der Waals surface area contributed by atoms with E-state index in [9.17, 15) is 17.2 Å². The standard InChI is InChI=1S/C20H18F2N2O3S/c1-20(2)17(18(20)24-28(25,26)13-6-4-3-5-7-13)19-23-16(11-27-19)14-9-8-12(21)10-15(14)22/h3-11,17-18,24H,1-2H3/t17-,18-/m0/s1. The number of benzene rings is 2. The van der Waals surface area contributed by atoms with Crippen molar-refractivity contribution in [1.29, 1.82) is 0 Å². The normalized spacial score (nSPS) is 20.9. The maximum absolute atomic E-state index is 14.0. The summed E-state index contributed by atoms with van der Waals surface area (Å²) in [5.41, 5.74) is -0.0677. The quantitative estimate of drug-likeness (QED) is 0.695. The van der Waals surface area contributed by atoms with E-state index in [2.05, 4.69) is 9.71 Å². The summed E-state index contributed by atoms with van der Waals surface area (Å²) < 4.78 is 60.5. The van der Waals surface area contributed by atoms with E-state index >= 15 is 0 Å². The van der Waals surface area contributed by atoms with E-state index in [0.717, 1.165) is 12.1 Å². The molecule has 1 saturated carbocycles. The topological polar surface area (TPSA) is 72.2 Å². The Bertz CT molecular complexity index is 1130. The molecule has 1 aliphatic carbocycles. The number of nitrogens with zero attached hydrogens (tertiary/aromatic N) is 1. The van der Waals surface area contributed by atoms with Crippen LogP contribution < -0.4 is 4.72 Å². The van der Waals surface area contributed by atoms with Gasteiger partial charge in [-0.15, -0.1) is 0 Å². The van der Waals surface area contributed by atoms with Gasteiger partial charge in [-0.2, -0.15) is 0 Å². The third-order valence-electron chi connectivity index (χ3n) is 5.16. The molecule has 4 rings (SSSR count). The molecule has 146 valence electrons. The van der Waals surface area contributed by atoms with Crippen LogP contribution in [0.5, 0.6) is 0 Å². The molecule has 0 aliphatic heterocycles. The third-order valence-corrected chi connectivity index (χ3v) is 6.62. The van der Waals surface area contributed by atoms with Gasteiger partial charge in [0.25, 0.3) is 0 Å². The van der Waals surface area contributed by atoms with E-state index in [0.29, 0.717) is 5.89 Å². The highest BCUT2D eigenvalue weighted by Gasteiger charge is 2.62. The zero-order valence-electron chi connectivity index (χ0n) is 15.2. The Labute approximate surface area is 161 Å². The van der Waals surface area contributed by atoms with Crippen LogP contribution >= 0.6 is 0 Å². The second-order valence-electron chi connectivity index (χ2n) is 7.41. The zero-order valence-corrected chi connectivity index (χ0v) is 16.0. The molecular weight excluding hydrogens is 386 g/mol. The number of aromatic nitrogens is 1. The van der Waals surface area contributed by atoms with Gasteiger partial charge in [-0.1, -0.05) is 32.0 Å². The van der Waals surface area contributed by atoms with E-state index in [1.165, 1.54) is 24.5 Å². The van der Waals surface area contributed by atoms with Gasteiger partial charge in [-0.25, -0.2) is 26.9 Å². The van der Waals surface area contributed by atoms with Gasteiger partial charge in [0.15, 0.2) is 5.89 Å². The van der Waals surface area contributed by atoms with Gasteiger partial charge in [0, 0.05) is 17.7 Å². The highest BCUT2D eigenvalue weighted by atomic mass is 32.2. The molecule has 0 saturated heterocycles. The number of hydrogen-bond acceptors (Lipinski definition) is 4. The minimum Gasteiger partial charge on any atom is -0.448 e. The van der Waals surface area contributed by atoms with Gasteiger partial charge in [-0.05, 0) is 29.7 Å². The van der Waals surface area contributed by atoms with Crippen LogP contribution in [0, 0.1) is 17.0 Å². The molecule has 2 atom stereocenters. The number of nitrogens with one attached hydrogen (secondary N) is 1. The first kappa shape index (κ1) is 18.8. The summed E-state index contributed by atoms with van der Waals surface area (Å²) in [7, 11) is -3.69. The Kier molecular flexibility index (Phi) is 4.35. The van der Waals surface area contributed by atoms with Crippen LogP contribution in [-0.4, -0.2) is 19.4 Å². The van der Waals surface area contributed by atoms with Crippen molar-refractivity contribution >= 4 is 10.0 Å². The maximum atomic E-state index is 14.0. The molecule has 5 nitrogen and oxygen atoms in total. The molecule has 2 aromatic carbocycles. The summed E-state index contributed by atoms with van der Waals surface area (Å²) >= 11 is 0. The first-order valence-corrected chi connectivity index (χ1v) is 10.2. The monoisotopic (exact) mass is 404 g/mol. The second kappa shape index (κ2) is 6.49. The van der Waals surface area contributed by atoms with Crippen molar-refractivity contribution in [3.05, 3.63) is 72.3 Å². The summed E-state index contributed by atoms with van der Waals surface area (Å²) in [5.74, 6) is -1.41. The van der Waals surface area contributed by atoms with Crippen LogP contribution in [0.1, 0.15) is 25.7 Å². The van der Waals surface area contributed by atoms with Gasteiger partial charge in [0.2, 0.25) is 10.0 Å². The van der Waals surface area contributed by atoms with Gasteiger partial charge < -0.3 is 4.42 Å². The van der Waals surface area contributed by atoms with Gasteiger partial charge >= 0.3 is 0 Å². The SMILES string of the molecule is CC1(C)[C@H](c2nc(-c3ccc(F)cc3F)co2)[C@@H]1NS(=O)(=O)c1ccccc1. The summed E-state index contributed by atoms with van der Waals surface area (Å²) in [6.07, 6.45) is 1.29. The van der Waals surface area contributed by atoms with E-state index in [1.54, 1.807) is 18.2 Å². The third kappa shape index (κ3) is 3.22. The Morgan fingerprint density at radius 1 is 1.11 bits per heavy atom. The maximum Gasteiger partial charge on any atom is 0.240 e. The van der Waals surface area contributed by atoms with Crippen molar-refractivity contribution in [3.63, 3.8) is 0 Å². The number of halogens is 2. The zero-order chi connectivity index (χ0) is 20.1. The van der Waals surface area contributed by atoms with Gasteiger partial charge in [0.05, 0.1) is 10.8 Å². The summed E-state index contributed by atoms with van der Waals surface area (Å²) in [6.45, 7) is 3.80. The van der Waals surface area contributed by atoms with E-state index in [4.69, 9.17) is 4.42 Å². The lowest BCUT2D eigenvalue weighted by Crippen LogP contribution is -2.29. The van der Waals surface area contributed by atoms with Crippen molar-refractivity contribution in [1.82, 2.24) is 9.71 Å². The molecule has 0 spiro atoms. The molecule has 8 heteroatoms. The molecule has 0 bridgehead atoms. The fraction of sp³-hybridized carbons (Fsp3) is 0.250. The Morgan fingerprint density at radius 2 is 1.82 bits per heavy atom. The average molecular weight is 404 g/mol. The summed E-state index contributed by atoms with van der Waals surface area (Å²) in [6, 6.07) is 10.9. The molecular formula is C20H18F2N2O3S. The predicted octanol–water partition coefficient (Wildman–Crippen LogP) is 4.09. The lowest BCUT2D eigenvalue weighted by molar-refractivity contribution is 0.467. The number of hydrogen-bond donors (Lipinski definition) is 1. The minimum absolute atomic E-state index is 0.122. The minimum atomic E-state index is -3.69. The molecule has 3 aromatic rings. The Balaban J connectivity index is 1.58. The lowest BCUT2D eigenvalue weighted by Gasteiger charge is -2.07. The largest absolute Gasteiger partial charge is 0.448 e. The van der Waals surface area contributed by atoms with Gasteiger partial charge in [-0.3, -0.25) is 0 Å². The summed E-state index contributed by atoms with van der Waals surface area (Å²) in [4.78, 5) is 4.50. The number of sulfonamides is 1. The highest BCUT2D eigenvalue weighted by Crippen LogP contribution is 2.59. The molecule has 0 amide bonds. The van der Waals surface area contributed by atoms with E-state index in [1.807, 2.05) is 13.8 Å². The fourth-order valence-corrected chi connectivity index (χ4v) is 4.83. The molecule has 1 fully saturated rings. The first-order valence-electron chi connectivity index (χ1n) is 8.68. The lowest BCUT2D eigenvalue weighted by atomic mass is 10.1. The Hall–Kier alpha value is -2.58. The molecule has 0 unspecified atom stereocenters. The van der Waals surface area contributed by atoms with Crippen molar-refractivity contribution < 1.29 is 21.6 Å². The van der Waals surface area contributed by atoms with Crippen LogP contribution in [0.3, 0.4) is 0 Å². The van der Waals surface area contributed by atoms with Crippen molar-refractivity contribution in [3.8, 4) is 11.3 Å². The van der Waals surface area contributed by atoms with Crippen LogP contribution in [-0.2, 0) is 10.0 Å². The summed E-state index contributed by atoms with van der Waals surface area (Å²) in [5, 5.41) is 0. The molecule has 1 N–H and O–H groups in total. The van der Waals surface area contributed by atoms with Crippen molar-refractivity contribution in [2.75, 3.05) is 0 Å². The van der Waals surface area contributed by atoms with E-state index < -0.39 is 33.1 Å². The highest BCUT2D eigenvalue weighted by molar-refractivity contribution is 7.89. The predicted molar refractivity (Wildman–Crippen MR) is 98.9 cm³/mol. The number of oxazole rings is 1. The van der Waals surface area contributed by atoms with Crippen molar-refractivity contribution in [2.24, 2.45) is 5.41 Å². The fourth-order valence-electron chi connectivity index (χ4n) is 3.40. The molecule has 1 heterocycles. The first-order chi connectivity index (χ1) is 13.2. The second-order valence-corrected chi connectivity index (χ2v) is 9.12.